The van der Waals surface area contributed by atoms with Crippen LogP contribution in [0.3, 0.4) is 0 Å². The van der Waals surface area contributed by atoms with Crippen molar-refractivity contribution in [3.05, 3.63) is 23.8 Å². The summed E-state index contributed by atoms with van der Waals surface area (Å²) in [6, 6.07) is 0. The van der Waals surface area contributed by atoms with Gasteiger partial charge < -0.3 is 4.74 Å². The van der Waals surface area contributed by atoms with Gasteiger partial charge in [0.1, 0.15) is 0 Å². The van der Waals surface area contributed by atoms with Gasteiger partial charge in [-0.25, -0.2) is 4.79 Å². The van der Waals surface area contributed by atoms with Crippen molar-refractivity contribution in [1.29, 1.82) is 0 Å². The third-order valence-electron chi connectivity index (χ3n) is 3.54. The van der Waals surface area contributed by atoms with Crippen LogP contribution in [0.1, 0.15) is 6.42 Å². The molecular weight excluding hydrogens is 164 g/mol. The molecule has 2 nitrogen and oxygen atoms in total. The topological polar surface area (TPSA) is 26.3 Å². The number of esters is 1. The van der Waals surface area contributed by atoms with Crippen LogP contribution >= 0.6 is 0 Å². The number of hydrogen-bond acceptors (Lipinski definition) is 2. The Hall–Kier alpha value is -1.05. The average Bonchev–Trinajstić information content (AvgIpc) is 2.97. The van der Waals surface area contributed by atoms with Crippen LogP contribution in [0.5, 0.6) is 0 Å². The molecule has 4 rings (SSSR count). The maximum atomic E-state index is 11.4. The predicted molar refractivity (Wildman–Crippen MR) is 47.8 cm³/mol. The lowest BCUT2D eigenvalue weighted by Gasteiger charge is -2.28. The molecule has 0 saturated heterocycles. The van der Waals surface area contributed by atoms with Crippen LogP contribution in [0, 0.1) is 23.7 Å². The molecule has 4 atom stereocenters. The van der Waals surface area contributed by atoms with Gasteiger partial charge in [0.15, 0.2) is 0 Å². The molecule has 2 bridgehead atoms. The normalized spacial score (nSPS) is 43.9. The molecule has 1 fully saturated rings. The molecule has 0 heterocycles. The van der Waals surface area contributed by atoms with Gasteiger partial charge in [-0.15, -0.1) is 0 Å². The molecule has 4 aliphatic rings. The van der Waals surface area contributed by atoms with Crippen LogP contribution in [0.15, 0.2) is 23.8 Å². The highest BCUT2D eigenvalue weighted by molar-refractivity contribution is 5.90. The Balaban J connectivity index is 1.96. The highest BCUT2D eigenvalue weighted by Gasteiger charge is 2.53. The quantitative estimate of drug-likeness (QED) is 0.447. The molecule has 0 unspecified atom stereocenters. The van der Waals surface area contributed by atoms with Crippen molar-refractivity contribution < 1.29 is 9.53 Å². The van der Waals surface area contributed by atoms with Gasteiger partial charge in [-0.1, -0.05) is 18.2 Å². The monoisotopic (exact) mass is 176 g/mol. The molecule has 1 saturated carbocycles. The van der Waals surface area contributed by atoms with Gasteiger partial charge in [-0.3, -0.25) is 0 Å². The van der Waals surface area contributed by atoms with Gasteiger partial charge in [0.05, 0.1) is 7.11 Å². The van der Waals surface area contributed by atoms with E-state index in [1.165, 1.54) is 13.5 Å². The van der Waals surface area contributed by atoms with E-state index in [1.54, 1.807) is 0 Å². The summed E-state index contributed by atoms with van der Waals surface area (Å²) in [5, 5.41) is 0. The van der Waals surface area contributed by atoms with E-state index in [-0.39, 0.29) is 5.97 Å². The zero-order valence-electron chi connectivity index (χ0n) is 7.57. The first kappa shape index (κ1) is 7.36. The minimum atomic E-state index is -0.135. The van der Waals surface area contributed by atoms with Crippen LogP contribution in [0.4, 0.5) is 0 Å². The van der Waals surface area contributed by atoms with Crippen molar-refractivity contribution in [2.24, 2.45) is 23.7 Å². The number of carbonyl (C=O) groups excluding carboxylic acids is 1. The molecule has 0 aliphatic heterocycles. The number of carbonyl (C=O) groups is 1. The minimum Gasteiger partial charge on any atom is -0.466 e. The third-order valence-corrected chi connectivity index (χ3v) is 3.54. The van der Waals surface area contributed by atoms with Crippen LogP contribution in [-0.4, -0.2) is 13.1 Å². The van der Waals surface area contributed by atoms with E-state index in [0.29, 0.717) is 11.8 Å². The van der Waals surface area contributed by atoms with Crippen LogP contribution < -0.4 is 0 Å². The molecule has 2 heteroatoms. The van der Waals surface area contributed by atoms with Crippen molar-refractivity contribution in [3.8, 4) is 0 Å². The summed E-state index contributed by atoms with van der Waals surface area (Å²) in [7, 11) is 1.46. The minimum absolute atomic E-state index is 0.135. The Morgan fingerprint density at radius 2 is 2.31 bits per heavy atom. The fraction of sp³-hybridized carbons (Fsp3) is 0.545. The first-order valence-corrected chi connectivity index (χ1v) is 4.79. The number of methoxy groups -OCH3 is 1. The van der Waals surface area contributed by atoms with Crippen molar-refractivity contribution >= 4 is 5.97 Å². The van der Waals surface area contributed by atoms with E-state index in [1.807, 2.05) is 0 Å². The summed E-state index contributed by atoms with van der Waals surface area (Å²) in [6.45, 7) is 0. The van der Waals surface area contributed by atoms with Crippen LogP contribution in [-0.2, 0) is 9.53 Å². The zero-order valence-corrected chi connectivity index (χ0v) is 7.57. The Kier molecular flexibility index (Phi) is 1.27. The summed E-state index contributed by atoms with van der Waals surface area (Å²) in [5.41, 5.74) is 0.897. The Bertz CT molecular complexity index is 327. The predicted octanol–water partition coefficient (Wildman–Crippen LogP) is 1.54. The van der Waals surface area contributed by atoms with Crippen LogP contribution in [0.25, 0.3) is 0 Å². The zero-order chi connectivity index (χ0) is 9.00. The lowest BCUT2D eigenvalue weighted by Crippen LogP contribution is -2.25. The van der Waals surface area contributed by atoms with E-state index in [0.717, 1.165) is 17.4 Å². The fourth-order valence-corrected chi connectivity index (χ4v) is 2.78. The summed E-state index contributed by atoms with van der Waals surface area (Å²) in [6.07, 6.45) is 7.82. The summed E-state index contributed by atoms with van der Waals surface area (Å²) >= 11 is 0. The second-order valence-corrected chi connectivity index (χ2v) is 4.17. The van der Waals surface area contributed by atoms with Gasteiger partial charge in [0.2, 0.25) is 0 Å². The Labute approximate surface area is 77.3 Å². The Morgan fingerprint density at radius 1 is 1.46 bits per heavy atom. The maximum Gasteiger partial charge on any atom is 0.334 e. The average molecular weight is 176 g/mol. The molecule has 0 aromatic heterocycles. The molecule has 13 heavy (non-hydrogen) atoms. The highest BCUT2D eigenvalue weighted by Crippen LogP contribution is 2.59. The third kappa shape index (κ3) is 0.859. The summed E-state index contributed by atoms with van der Waals surface area (Å²) in [5.74, 6) is 2.33. The first-order valence-electron chi connectivity index (χ1n) is 4.79. The summed E-state index contributed by atoms with van der Waals surface area (Å²) in [4.78, 5) is 11.4. The standard InChI is InChI=1S/C11H12O2/c1-13-11(12)10-4-6-2-3-7(10)9-5-8(6)9/h2-4,6-9H,5H2,1H3/t6-,7-,8-,9+/m0/s1. The lowest BCUT2D eigenvalue weighted by molar-refractivity contribution is -0.136. The van der Waals surface area contributed by atoms with E-state index < -0.39 is 0 Å². The number of allylic oxidation sites excluding steroid dienone is 3. The molecule has 0 amide bonds. The second kappa shape index (κ2) is 2.25. The highest BCUT2D eigenvalue weighted by atomic mass is 16.5. The van der Waals surface area contributed by atoms with E-state index in [9.17, 15) is 4.79 Å². The molecule has 68 valence electrons. The van der Waals surface area contributed by atoms with Crippen molar-refractivity contribution in [1.82, 2.24) is 0 Å². The molecule has 0 spiro atoms. The lowest BCUT2D eigenvalue weighted by atomic mass is 9.77. The number of ether oxygens (including phenoxy) is 1. The van der Waals surface area contributed by atoms with Crippen molar-refractivity contribution in [2.45, 2.75) is 6.42 Å². The number of hydrogen-bond donors (Lipinski definition) is 0. The van der Waals surface area contributed by atoms with Crippen molar-refractivity contribution in [2.75, 3.05) is 7.11 Å². The molecule has 0 N–H and O–H groups in total. The molecule has 4 aliphatic carbocycles. The second-order valence-electron chi connectivity index (χ2n) is 4.17. The van der Waals surface area contributed by atoms with Crippen molar-refractivity contribution in [3.63, 3.8) is 0 Å². The van der Waals surface area contributed by atoms with E-state index in [4.69, 9.17) is 4.74 Å². The number of rotatable bonds is 1. The SMILES string of the molecule is COC(=O)C1=C[C@@H]2C=C[C@H]1[C@H]1C[C@@H]21. The molecule has 0 aromatic rings. The van der Waals surface area contributed by atoms with Gasteiger partial charge >= 0.3 is 5.97 Å². The van der Waals surface area contributed by atoms with Gasteiger partial charge in [0, 0.05) is 11.5 Å². The largest absolute Gasteiger partial charge is 0.466 e. The van der Waals surface area contributed by atoms with Gasteiger partial charge in [-0.05, 0) is 24.2 Å². The maximum absolute atomic E-state index is 11.4. The van der Waals surface area contributed by atoms with Gasteiger partial charge in [-0.2, -0.15) is 0 Å². The first-order chi connectivity index (χ1) is 6.31. The van der Waals surface area contributed by atoms with Gasteiger partial charge in [0.25, 0.3) is 0 Å². The summed E-state index contributed by atoms with van der Waals surface area (Å²) < 4.78 is 4.77. The molecule has 0 aromatic carbocycles. The van der Waals surface area contributed by atoms with E-state index >= 15 is 0 Å². The van der Waals surface area contributed by atoms with E-state index in [2.05, 4.69) is 18.2 Å². The fourth-order valence-electron chi connectivity index (χ4n) is 2.78. The van der Waals surface area contributed by atoms with Crippen LogP contribution in [0.2, 0.25) is 0 Å². The Morgan fingerprint density at radius 3 is 3.00 bits per heavy atom. The molecule has 0 radical (unpaired) electrons. The smallest absolute Gasteiger partial charge is 0.334 e. The molecular formula is C11H12O2.